The quantitative estimate of drug-likeness (QED) is 0.608. The van der Waals surface area contributed by atoms with E-state index in [0.29, 0.717) is 6.04 Å². The summed E-state index contributed by atoms with van der Waals surface area (Å²) in [5.41, 5.74) is 8.29. The summed E-state index contributed by atoms with van der Waals surface area (Å²) in [6.45, 7) is 4.61. The van der Waals surface area contributed by atoms with Gasteiger partial charge in [-0.3, -0.25) is 4.98 Å². The van der Waals surface area contributed by atoms with Crippen LogP contribution >= 0.6 is 0 Å². The van der Waals surface area contributed by atoms with E-state index in [1.807, 2.05) is 6.20 Å². The van der Waals surface area contributed by atoms with Crippen molar-refractivity contribution in [3.8, 4) is 0 Å². The van der Waals surface area contributed by atoms with Crippen molar-refractivity contribution in [2.45, 2.75) is 51.1 Å². The lowest BCUT2D eigenvalue weighted by atomic mass is 9.92. The monoisotopic (exact) mass is 331 g/mol. The van der Waals surface area contributed by atoms with Crippen molar-refractivity contribution in [3.05, 3.63) is 59.4 Å². The molecule has 3 aromatic rings. The lowest BCUT2D eigenvalue weighted by Crippen LogP contribution is -2.41. The normalized spacial score (nSPS) is 21.4. The smallest absolute Gasteiger partial charge is 0.0937 e. The molecule has 2 aromatic heterocycles. The van der Waals surface area contributed by atoms with Crippen LogP contribution in [-0.4, -0.2) is 9.55 Å². The molecule has 1 aliphatic heterocycles. The van der Waals surface area contributed by atoms with Crippen LogP contribution in [0, 0.1) is 6.92 Å². The molecule has 0 unspecified atom stereocenters. The van der Waals surface area contributed by atoms with Gasteiger partial charge in [-0.2, -0.15) is 0 Å². The summed E-state index contributed by atoms with van der Waals surface area (Å²) in [6, 6.07) is 13.5. The third kappa shape index (κ3) is 1.79. The van der Waals surface area contributed by atoms with Crippen LogP contribution in [0.25, 0.3) is 11.0 Å². The maximum atomic E-state index is 4.78. The van der Waals surface area contributed by atoms with Crippen LogP contribution in [0.1, 0.15) is 55.5 Å². The third-order valence-electron chi connectivity index (χ3n) is 6.51. The molecule has 128 valence electrons. The van der Waals surface area contributed by atoms with Gasteiger partial charge in [-0.05, 0) is 50.5 Å². The van der Waals surface area contributed by atoms with Gasteiger partial charge >= 0.3 is 0 Å². The molecule has 25 heavy (non-hydrogen) atoms. The average molecular weight is 331 g/mol. The van der Waals surface area contributed by atoms with Gasteiger partial charge in [-0.25, -0.2) is 0 Å². The zero-order chi connectivity index (χ0) is 17.2. The molecule has 3 nitrogen and oxygen atoms in total. The van der Waals surface area contributed by atoms with Gasteiger partial charge < -0.3 is 9.47 Å². The molecule has 1 aromatic carbocycles. The molecule has 0 amide bonds. The minimum atomic E-state index is 0.121. The molecule has 1 atom stereocenters. The number of pyridine rings is 1. The number of nitrogens with zero attached hydrogens (tertiary/aromatic N) is 3. The molecular weight excluding hydrogens is 306 g/mol. The lowest BCUT2D eigenvalue weighted by molar-refractivity contribution is 0.398. The Kier molecular flexibility index (Phi) is 3.06. The highest BCUT2D eigenvalue weighted by Gasteiger charge is 2.53. The van der Waals surface area contributed by atoms with E-state index in [9.17, 15) is 0 Å². The number of para-hydroxylation sites is 1. The number of aryl methyl sites for hydroxylation is 2. The zero-order valence-electron chi connectivity index (χ0n) is 15.3. The number of hydrogen-bond donors (Lipinski definition) is 0. The topological polar surface area (TPSA) is 21.1 Å². The Morgan fingerprint density at radius 1 is 1.08 bits per heavy atom. The van der Waals surface area contributed by atoms with E-state index in [1.54, 1.807) is 0 Å². The highest BCUT2D eigenvalue weighted by Crippen LogP contribution is 2.58. The Labute approximate surface area is 149 Å². The fraction of sp³-hybridized carbons (Fsp3) is 0.409. The van der Waals surface area contributed by atoms with Crippen LogP contribution in [0.4, 0.5) is 5.69 Å². The van der Waals surface area contributed by atoms with E-state index in [1.165, 1.54) is 59.2 Å². The minimum absolute atomic E-state index is 0.121. The first-order valence-corrected chi connectivity index (χ1v) is 9.44. The first kappa shape index (κ1) is 15.0. The number of benzene rings is 1. The first-order chi connectivity index (χ1) is 12.1. The molecule has 5 rings (SSSR count). The Morgan fingerprint density at radius 3 is 2.60 bits per heavy atom. The Bertz CT molecular complexity index is 963. The summed E-state index contributed by atoms with van der Waals surface area (Å²) < 4.78 is 2.43. The van der Waals surface area contributed by atoms with Crippen molar-refractivity contribution >= 4 is 16.7 Å². The van der Waals surface area contributed by atoms with Crippen LogP contribution < -0.4 is 4.90 Å². The second-order valence-corrected chi connectivity index (χ2v) is 7.76. The maximum absolute atomic E-state index is 4.78. The average Bonchev–Trinajstić information content (AvgIpc) is 3.27. The number of rotatable bonds is 1. The van der Waals surface area contributed by atoms with Gasteiger partial charge in [0.05, 0.1) is 28.3 Å². The van der Waals surface area contributed by atoms with Crippen LogP contribution in [0.2, 0.25) is 0 Å². The van der Waals surface area contributed by atoms with Gasteiger partial charge in [0.15, 0.2) is 0 Å². The van der Waals surface area contributed by atoms with Crippen molar-refractivity contribution in [2.75, 3.05) is 4.90 Å². The first-order valence-electron chi connectivity index (χ1n) is 9.44. The largest absolute Gasteiger partial charge is 0.353 e. The summed E-state index contributed by atoms with van der Waals surface area (Å²) in [4.78, 5) is 7.50. The SMILES string of the molecule is Cc1ccccc1N1[C@@H](C)c2c(n(C)c3cccnc23)C12CCCC2. The molecule has 0 radical (unpaired) electrons. The molecule has 0 N–H and O–H groups in total. The van der Waals surface area contributed by atoms with E-state index < -0.39 is 0 Å². The van der Waals surface area contributed by atoms with E-state index >= 15 is 0 Å². The highest BCUT2D eigenvalue weighted by molar-refractivity contribution is 5.85. The van der Waals surface area contributed by atoms with Crippen molar-refractivity contribution in [2.24, 2.45) is 7.05 Å². The van der Waals surface area contributed by atoms with Gasteiger partial charge in [0, 0.05) is 24.5 Å². The van der Waals surface area contributed by atoms with Gasteiger partial charge in [0.1, 0.15) is 0 Å². The molecule has 1 fully saturated rings. The van der Waals surface area contributed by atoms with Crippen LogP contribution in [0.5, 0.6) is 0 Å². The fourth-order valence-electron chi connectivity index (χ4n) is 5.57. The Balaban J connectivity index is 1.83. The number of hydrogen-bond acceptors (Lipinski definition) is 2. The van der Waals surface area contributed by atoms with Crippen molar-refractivity contribution in [1.29, 1.82) is 0 Å². The van der Waals surface area contributed by atoms with E-state index in [4.69, 9.17) is 4.98 Å². The second-order valence-electron chi connectivity index (χ2n) is 7.76. The molecular formula is C22H25N3. The van der Waals surface area contributed by atoms with Gasteiger partial charge in [-0.1, -0.05) is 31.0 Å². The summed E-state index contributed by atoms with van der Waals surface area (Å²) in [6.07, 6.45) is 7.03. The van der Waals surface area contributed by atoms with Crippen molar-refractivity contribution in [3.63, 3.8) is 0 Å². The molecule has 1 aliphatic carbocycles. The molecule has 2 aliphatic rings. The Hall–Kier alpha value is -2.29. The standard InChI is InChI=1S/C22H25N3/c1-15-9-4-5-10-17(15)25-16(2)19-20-18(11-8-14-23-20)24(3)21(19)22(25)12-6-7-13-22/h4-5,8-11,14,16H,6-7,12-13H2,1-3H3/t16-/m0/s1. The maximum Gasteiger partial charge on any atom is 0.0937 e. The van der Waals surface area contributed by atoms with Gasteiger partial charge in [-0.15, -0.1) is 0 Å². The van der Waals surface area contributed by atoms with E-state index in [-0.39, 0.29) is 5.54 Å². The number of aromatic nitrogens is 2. The third-order valence-corrected chi connectivity index (χ3v) is 6.51. The summed E-state index contributed by atoms with van der Waals surface area (Å²) in [7, 11) is 2.23. The van der Waals surface area contributed by atoms with Gasteiger partial charge in [0.2, 0.25) is 0 Å². The van der Waals surface area contributed by atoms with Crippen LogP contribution in [0.15, 0.2) is 42.6 Å². The molecule has 3 heterocycles. The van der Waals surface area contributed by atoms with Crippen LogP contribution in [0.3, 0.4) is 0 Å². The predicted molar refractivity (Wildman–Crippen MR) is 103 cm³/mol. The zero-order valence-corrected chi connectivity index (χ0v) is 15.3. The lowest BCUT2D eigenvalue weighted by Gasteiger charge is -2.41. The highest BCUT2D eigenvalue weighted by atomic mass is 15.3. The second kappa shape index (κ2) is 5.10. The summed E-state index contributed by atoms with van der Waals surface area (Å²) in [5.74, 6) is 0. The van der Waals surface area contributed by atoms with E-state index in [0.717, 1.165) is 0 Å². The van der Waals surface area contributed by atoms with Crippen molar-refractivity contribution in [1.82, 2.24) is 9.55 Å². The molecule has 0 saturated heterocycles. The van der Waals surface area contributed by atoms with Gasteiger partial charge in [0.25, 0.3) is 0 Å². The summed E-state index contributed by atoms with van der Waals surface area (Å²) in [5, 5.41) is 0. The van der Waals surface area contributed by atoms with Crippen molar-refractivity contribution < 1.29 is 0 Å². The predicted octanol–water partition coefficient (Wildman–Crippen LogP) is 5.23. The van der Waals surface area contributed by atoms with E-state index in [2.05, 4.69) is 66.8 Å². The number of anilines is 1. The Morgan fingerprint density at radius 2 is 1.84 bits per heavy atom. The molecule has 1 saturated carbocycles. The molecule has 1 spiro atoms. The fourth-order valence-corrected chi connectivity index (χ4v) is 5.57. The summed E-state index contributed by atoms with van der Waals surface area (Å²) >= 11 is 0. The molecule has 3 heteroatoms. The minimum Gasteiger partial charge on any atom is -0.353 e. The van der Waals surface area contributed by atoms with Crippen LogP contribution in [-0.2, 0) is 12.6 Å². The number of fused-ring (bicyclic) bond motifs is 4. The molecule has 0 bridgehead atoms.